The van der Waals surface area contributed by atoms with Crippen LogP contribution in [0.3, 0.4) is 0 Å². The molecule has 1 N–H and O–H groups in total. The molecule has 5 nitrogen and oxygen atoms in total. The van der Waals surface area contributed by atoms with Gasteiger partial charge in [0.2, 0.25) is 5.91 Å². The molecule has 1 saturated carbocycles. The van der Waals surface area contributed by atoms with Gasteiger partial charge in [-0.25, -0.2) is 0 Å². The third kappa shape index (κ3) is 6.08. The smallest absolute Gasteiger partial charge is 0.308 e. The quantitative estimate of drug-likeness (QED) is 0.297. The highest BCUT2D eigenvalue weighted by Gasteiger charge is 2.48. The number of ether oxygens (including phenoxy) is 1. The van der Waals surface area contributed by atoms with Gasteiger partial charge in [0.25, 0.3) is 0 Å². The SMILES string of the molecule is C=CCN1CC[C@@]2(c3cccc(OC(C)=O)c3)C[C@@H](NC(=O)Cc3ccc(Cl)c(Cl)c3)CC[C@@H]2C1. The summed E-state index contributed by atoms with van der Waals surface area (Å²) < 4.78 is 5.41. The van der Waals surface area contributed by atoms with E-state index in [1.807, 2.05) is 30.3 Å². The topological polar surface area (TPSA) is 58.6 Å². The molecule has 3 atom stereocenters. The molecule has 0 aromatic heterocycles. The van der Waals surface area contributed by atoms with Crippen molar-refractivity contribution < 1.29 is 14.3 Å². The van der Waals surface area contributed by atoms with Crippen LogP contribution < -0.4 is 10.1 Å². The van der Waals surface area contributed by atoms with Gasteiger partial charge >= 0.3 is 5.97 Å². The van der Waals surface area contributed by atoms with Crippen molar-refractivity contribution >= 4 is 35.1 Å². The second kappa shape index (κ2) is 11.2. The van der Waals surface area contributed by atoms with Crippen molar-refractivity contribution in [2.75, 3.05) is 19.6 Å². The summed E-state index contributed by atoms with van der Waals surface area (Å²) in [7, 11) is 0. The molecule has 186 valence electrons. The number of piperidine rings is 1. The van der Waals surface area contributed by atoms with E-state index in [0.29, 0.717) is 21.7 Å². The van der Waals surface area contributed by atoms with Crippen LogP contribution in [0, 0.1) is 5.92 Å². The van der Waals surface area contributed by atoms with Crippen molar-refractivity contribution in [3.05, 3.63) is 76.3 Å². The molecule has 2 fully saturated rings. The fourth-order valence-electron chi connectivity index (χ4n) is 5.84. The molecule has 0 unspecified atom stereocenters. The van der Waals surface area contributed by atoms with Crippen LogP contribution >= 0.6 is 23.2 Å². The zero-order chi connectivity index (χ0) is 25.0. The van der Waals surface area contributed by atoms with Crippen molar-refractivity contribution in [2.45, 2.75) is 50.5 Å². The third-order valence-corrected chi connectivity index (χ3v) is 8.12. The van der Waals surface area contributed by atoms with E-state index in [4.69, 9.17) is 27.9 Å². The monoisotopic (exact) mass is 514 g/mol. The molecular formula is C28H32Cl2N2O3. The molecule has 0 radical (unpaired) electrons. The number of esters is 1. The van der Waals surface area contributed by atoms with Crippen LogP contribution in [0.15, 0.2) is 55.1 Å². The summed E-state index contributed by atoms with van der Waals surface area (Å²) in [5, 5.41) is 4.22. The molecule has 35 heavy (non-hydrogen) atoms. The number of carbonyl (C=O) groups excluding carboxylic acids is 2. The molecule has 0 bridgehead atoms. The fraction of sp³-hybridized carbons (Fsp3) is 0.429. The molecule has 1 heterocycles. The lowest BCUT2D eigenvalue weighted by atomic mass is 9.58. The molecule has 7 heteroatoms. The second-order valence-corrected chi connectivity index (χ2v) is 10.6. The van der Waals surface area contributed by atoms with E-state index in [2.05, 4.69) is 22.9 Å². The normalized spacial score (nSPS) is 24.3. The maximum absolute atomic E-state index is 12.9. The number of fused-ring (bicyclic) bond motifs is 1. The van der Waals surface area contributed by atoms with E-state index < -0.39 is 0 Å². The van der Waals surface area contributed by atoms with Gasteiger partial charge in [0.05, 0.1) is 16.5 Å². The molecule has 2 aromatic carbocycles. The minimum atomic E-state index is -0.326. The minimum Gasteiger partial charge on any atom is -0.427 e. The minimum absolute atomic E-state index is 0.0141. The fourth-order valence-corrected chi connectivity index (χ4v) is 6.16. The maximum atomic E-state index is 12.9. The number of carbonyl (C=O) groups is 2. The molecule has 2 aliphatic rings. The van der Waals surface area contributed by atoms with Gasteiger partial charge in [-0.2, -0.15) is 0 Å². The summed E-state index contributed by atoms with van der Waals surface area (Å²) in [6.45, 7) is 8.16. The first-order valence-corrected chi connectivity index (χ1v) is 12.9. The average Bonchev–Trinajstić information content (AvgIpc) is 2.81. The van der Waals surface area contributed by atoms with Crippen molar-refractivity contribution in [2.24, 2.45) is 5.92 Å². The van der Waals surface area contributed by atoms with Crippen molar-refractivity contribution in [3.63, 3.8) is 0 Å². The summed E-state index contributed by atoms with van der Waals surface area (Å²) in [4.78, 5) is 26.9. The lowest BCUT2D eigenvalue weighted by Gasteiger charge is -2.53. The lowest BCUT2D eigenvalue weighted by molar-refractivity contribution is -0.132. The molecule has 4 rings (SSSR count). The van der Waals surface area contributed by atoms with Crippen molar-refractivity contribution in [1.82, 2.24) is 10.2 Å². The number of amides is 1. The number of nitrogens with zero attached hydrogens (tertiary/aromatic N) is 1. The number of nitrogens with one attached hydrogen (secondary N) is 1. The zero-order valence-corrected chi connectivity index (χ0v) is 21.6. The Morgan fingerprint density at radius 3 is 2.77 bits per heavy atom. The van der Waals surface area contributed by atoms with Crippen LogP contribution in [0.1, 0.15) is 43.7 Å². The van der Waals surface area contributed by atoms with E-state index in [1.54, 1.807) is 12.1 Å². The highest BCUT2D eigenvalue weighted by atomic mass is 35.5. The first-order chi connectivity index (χ1) is 16.8. The van der Waals surface area contributed by atoms with Crippen LogP contribution in [0.2, 0.25) is 10.0 Å². The second-order valence-electron chi connectivity index (χ2n) is 9.74. The van der Waals surface area contributed by atoms with Gasteiger partial charge in [0, 0.05) is 31.5 Å². The summed E-state index contributed by atoms with van der Waals surface area (Å²) in [5.74, 6) is 0.683. The number of likely N-dealkylation sites (tertiary alicyclic amines) is 1. The number of halogens is 2. The predicted octanol–water partition coefficient (Wildman–Crippen LogP) is 5.58. The lowest BCUT2D eigenvalue weighted by Crippen LogP contribution is -2.56. The molecule has 1 amide bonds. The van der Waals surface area contributed by atoms with Gasteiger partial charge in [-0.05, 0) is 73.5 Å². The van der Waals surface area contributed by atoms with Crippen LogP contribution in [0.25, 0.3) is 0 Å². The van der Waals surface area contributed by atoms with Gasteiger partial charge in [0.1, 0.15) is 5.75 Å². The van der Waals surface area contributed by atoms with Gasteiger partial charge in [-0.15, -0.1) is 6.58 Å². The predicted molar refractivity (Wildman–Crippen MR) is 140 cm³/mol. The highest BCUT2D eigenvalue weighted by Crippen LogP contribution is 2.49. The number of hydrogen-bond acceptors (Lipinski definition) is 4. The third-order valence-electron chi connectivity index (χ3n) is 7.38. The van der Waals surface area contributed by atoms with Crippen LogP contribution in [0.4, 0.5) is 0 Å². The highest BCUT2D eigenvalue weighted by molar-refractivity contribution is 6.42. The summed E-state index contributed by atoms with van der Waals surface area (Å²) in [6.07, 6.45) is 6.01. The van der Waals surface area contributed by atoms with Gasteiger partial charge < -0.3 is 10.1 Å². The Morgan fingerprint density at radius 1 is 1.20 bits per heavy atom. The molecule has 0 spiro atoms. The zero-order valence-electron chi connectivity index (χ0n) is 20.1. The molecule has 1 saturated heterocycles. The Hall–Kier alpha value is -2.34. The first kappa shape index (κ1) is 25.7. The van der Waals surface area contributed by atoms with Gasteiger partial charge in [-0.3, -0.25) is 14.5 Å². The van der Waals surface area contributed by atoms with Crippen molar-refractivity contribution in [1.29, 1.82) is 0 Å². The molecule has 1 aliphatic heterocycles. The largest absolute Gasteiger partial charge is 0.427 e. The van der Waals surface area contributed by atoms with E-state index >= 15 is 0 Å². The Kier molecular flexibility index (Phi) is 8.20. The average molecular weight is 515 g/mol. The summed E-state index contributed by atoms with van der Waals surface area (Å²) in [6, 6.07) is 13.3. The Balaban J connectivity index is 1.54. The van der Waals surface area contributed by atoms with E-state index in [1.165, 1.54) is 12.5 Å². The number of rotatable bonds is 7. The maximum Gasteiger partial charge on any atom is 0.308 e. The summed E-state index contributed by atoms with van der Waals surface area (Å²) >= 11 is 12.1. The molecular weight excluding hydrogens is 483 g/mol. The van der Waals surface area contributed by atoms with Crippen LogP contribution in [0.5, 0.6) is 5.75 Å². The molecule has 1 aliphatic carbocycles. The van der Waals surface area contributed by atoms with E-state index in [-0.39, 0.29) is 29.8 Å². The van der Waals surface area contributed by atoms with E-state index in [0.717, 1.165) is 50.9 Å². The number of hydrogen-bond donors (Lipinski definition) is 1. The van der Waals surface area contributed by atoms with Gasteiger partial charge in [0.15, 0.2) is 0 Å². The molecule has 2 aromatic rings. The van der Waals surface area contributed by atoms with E-state index in [9.17, 15) is 9.59 Å². The Morgan fingerprint density at radius 2 is 2.03 bits per heavy atom. The standard InChI is InChI=1S/C28H32Cl2N2O3/c1-3-12-32-13-11-28(21-5-4-6-24(16-21)35-19(2)33)17-23(9-8-22(28)18-32)31-27(34)15-20-7-10-25(29)26(30)14-20/h3-7,10,14,16,22-23H,1,8-9,11-13,15,17-18H2,2H3,(H,31,34)/t22-,23+,28+/m1/s1. The van der Waals surface area contributed by atoms with Crippen LogP contribution in [-0.4, -0.2) is 42.5 Å². The Labute approximate surface area is 217 Å². The Bertz CT molecular complexity index is 1110. The van der Waals surface area contributed by atoms with Crippen molar-refractivity contribution in [3.8, 4) is 5.75 Å². The number of benzene rings is 2. The first-order valence-electron chi connectivity index (χ1n) is 12.1. The van der Waals surface area contributed by atoms with Crippen LogP contribution in [-0.2, 0) is 21.4 Å². The summed E-state index contributed by atoms with van der Waals surface area (Å²) in [5.41, 5.74) is 1.93. The van der Waals surface area contributed by atoms with Gasteiger partial charge in [-0.1, -0.05) is 47.5 Å².